The van der Waals surface area contributed by atoms with Gasteiger partial charge in [-0.1, -0.05) is 0 Å². The minimum absolute atomic E-state index is 0.0453. The molecule has 138 valence electrons. The number of ketones is 1. The Morgan fingerprint density at radius 1 is 1.11 bits per heavy atom. The van der Waals surface area contributed by atoms with E-state index in [1.807, 2.05) is 0 Å². The Kier molecular flexibility index (Phi) is 5.10. The molecule has 0 saturated carbocycles. The highest BCUT2D eigenvalue weighted by Gasteiger charge is 2.25. The molecule has 0 radical (unpaired) electrons. The van der Waals surface area contributed by atoms with Gasteiger partial charge >= 0.3 is 0 Å². The lowest BCUT2D eigenvalue weighted by Crippen LogP contribution is -2.13. The average molecular weight is 405 g/mol. The molecule has 0 aliphatic carbocycles. The second kappa shape index (κ2) is 7.33. The fourth-order valence-electron chi connectivity index (χ4n) is 2.31. The van der Waals surface area contributed by atoms with Crippen LogP contribution in [0.25, 0.3) is 0 Å². The zero-order valence-corrected chi connectivity index (χ0v) is 15.3. The molecular formula is C17H12FN3O4S2. The number of Topliss-reactive ketones (excluding diaryl/α,β-unsaturated/α-hetero) is 1. The molecule has 27 heavy (non-hydrogen) atoms. The zero-order chi connectivity index (χ0) is 19.6. The third-order valence-corrected chi connectivity index (χ3v) is 7.05. The molecule has 1 aromatic carbocycles. The van der Waals surface area contributed by atoms with Crippen molar-refractivity contribution in [1.29, 1.82) is 0 Å². The molecule has 0 saturated heterocycles. The highest BCUT2D eigenvalue weighted by Crippen LogP contribution is 2.32. The quantitative estimate of drug-likeness (QED) is 0.495. The Morgan fingerprint density at radius 3 is 2.41 bits per heavy atom. The van der Waals surface area contributed by atoms with Crippen molar-refractivity contribution in [3.8, 4) is 0 Å². The molecule has 0 fully saturated rings. The van der Waals surface area contributed by atoms with E-state index in [1.54, 1.807) is 0 Å². The number of hydrogen-bond acceptors (Lipinski definition) is 7. The lowest BCUT2D eigenvalue weighted by atomic mass is 10.1. The van der Waals surface area contributed by atoms with E-state index in [0.29, 0.717) is 0 Å². The Bertz CT molecular complexity index is 1110. The molecule has 10 heteroatoms. The summed E-state index contributed by atoms with van der Waals surface area (Å²) in [5.74, 6) is -1.78. The van der Waals surface area contributed by atoms with Gasteiger partial charge in [0.2, 0.25) is 15.7 Å². The summed E-state index contributed by atoms with van der Waals surface area (Å²) in [7, 11) is -3.98. The first-order chi connectivity index (χ1) is 12.8. The number of rotatable bonds is 6. The van der Waals surface area contributed by atoms with E-state index < -0.39 is 21.6 Å². The molecule has 7 nitrogen and oxygen atoms in total. The van der Waals surface area contributed by atoms with E-state index in [4.69, 9.17) is 5.73 Å². The molecule has 3 rings (SSSR count). The number of halogens is 1. The number of carbonyl (C=O) groups excluding carboxylic acids is 2. The molecule has 1 amide bonds. The predicted molar refractivity (Wildman–Crippen MR) is 94.8 cm³/mol. The van der Waals surface area contributed by atoms with Crippen LogP contribution >= 0.6 is 11.3 Å². The number of primary amides is 1. The van der Waals surface area contributed by atoms with Crippen molar-refractivity contribution in [2.75, 3.05) is 0 Å². The highest BCUT2D eigenvalue weighted by atomic mass is 32.2. The fourth-order valence-corrected chi connectivity index (χ4v) is 5.23. The molecule has 3 aromatic rings. The third kappa shape index (κ3) is 3.91. The van der Waals surface area contributed by atoms with Crippen LogP contribution in [0, 0.1) is 5.82 Å². The van der Waals surface area contributed by atoms with Crippen molar-refractivity contribution in [1.82, 2.24) is 10.2 Å². The molecule has 0 atom stereocenters. The maximum absolute atomic E-state index is 13.1. The molecule has 2 heterocycles. The number of nitrogens with zero attached hydrogens (tertiary/aromatic N) is 2. The van der Waals surface area contributed by atoms with Crippen molar-refractivity contribution in [2.45, 2.75) is 15.5 Å². The summed E-state index contributed by atoms with van der Waals surface area (Å²) in [6, 6.07) is 6.90. The van der Waals surface area contributed by atoms with Crippen LogP contribution in [0.3, 0.4) is 0 Å². The molecular weight excluding hydrogens is 393 g/mol. The summed E-state index contributed by atoms with van der Waals surface area (Å²) >= 11 is 0.777. The molecule has 2 aromatic heterocycles. The smallest absolute Gasteiger partial charge is 0.249 e. The van der Waals surface area contributed by atoms with Gasteiger partial charge in [-0.3, -0.25) is 9.59 Å². The van der Waals surface area contributed by atoms with E-state index >= 15 is 0 Å². The van der Waals surface area contributed by atoms with Gasteiger partial charge in [0.05, 0.1) is 22.9 Å². The maximum atomic E-state index is 13.1. The van der Waals surface area contributed by atoms with Gasteiger partial charge in [0, 0.05) is 16.9 Å². The number of benzene rings is 1. The monoisotopic (exact) mass is 405 g/mol. The summed E-state index contributed by atoms with van der Waals surface area (Å²) in [6.07, 6.45) is 2.41. The number of nitrogens with two attached hydrogens (primary N) is 1. The van der Waals surface area contributed by atoms with Crippen LogP contribution in [0.5, 0.6) is 0 Å². The van der Waals surface area contributed by atoms with Gasteiger partial charge in [0.25, 0.3) is 0 Å². The van der Waals surface area contributed by atoms with Gasteiger partial charge in [-0.2, -0.15) is 10.2 Å². The number of amides is 1. The summed E-state index contributed by atoms with van der Waals surface area (Å²) in [6.45, 7) is 0. The third-order valence-electron chi connectivity index (χ3n) is 3.67. The van der Waals surface area contributed by atoms with Gasteiger partial charge in [-0.05, 0) is 36.4 Å². The molecule has 0 aliphatic heterocycles. The Labute approximate surface area is 157 Å². The SMILES string of the molecule is NC(=O)c1cc(S(=O)(=O)c2ccc(F)cc2)sc1CC(=O)c1ccnnc1. The van der Waals surface area contributed by atoms with Gasteiger partial charge in [0.1, 0.15) is 10.0 Å². The topological polar surface area (TPSA) is 120 Å². The molecule has 2 N–H and O–H groups in total. The lowest BCUT2D eigenvalue weighted by Gasteiger charge is -2.01. The zero-order valence-electron chi connectivity index (χ0n) is 13.6. The first kappa shape index (κ1) is 18.8. The van der Waals surface area contributed by atoms with Crippen molar-refractivity contribution >= 4 is 32.9 Å². The van der Waals surface area contributed by atoms with Gasteiger partial charge in [-0.15, -0.1) is 11.3 Å². The Hall–Kier alpha value is -2.98. The van der Waals surface area contributed by atoms with Gasteiger partial charge < -0.3 is 5.73 Å². The van der Waals surface area contributed by atoms with Crippen molar-refractivity contribution in [3.05, 3.63) is 70.6 Å². The molecule has 0 bridgehead atoms. The number of sulfone groups is 1. The summed E-state index contributed by atoms with van der Waals surface area (Å²) in [4.78, 5) is 24.2. The van der Waals surface area contributed by atoms with E-state index in [9.17, 15) is 22.4 Å². The first-order valence-corrected chi connectivity index (χ1v) is 9.82. The normalized spacial score (nSPS) is 11.3. The van der Waals surface area contributed by atoms with E-state index in [1.165, 1.54) is 18.5 Å². The largest absolute Gasteiger partial charge is 0.366 e. The second-order valence-corrected chi connectivity index (χ2v) is 8.77. The van der Waals surface area contributed by atoms with Crippen molar-refractivity contribution in [2.24, 2.45) is 5.73 Å². The van der Waals surface area contributed by atoms with Gasteiger partial charge in [0.15, 0.2) is 5.78 Å². The lowest BCUT2D eigenvalue weighted by molar-refractivity contribution is 0.0992. The van der Waals surface area contributed by atoms with Crippen LogP contribution < -0.4 is 5.73 Å². The van der Waals surface area contributed by atoms with E-state index in [-0.39, 0.29) is 37.3 Å². The highest BCUT2D eigenvalue weighted by molar-refractivity contribution is 7.93. The minimum Gasteiger partial charge on any atom is -0.366 e. The molecule has 0 spiro atoms. The van der Waals surface area contributed by atoms with Crippen LogP contribution in [0.2, 0.25) is 0 Å². The van der Waals surface area contributed by atoms with Crippen LogP contribution in [-0.2, 0) is 16.3 Å². The second-order valence-electron chi connectivity index (χ2n) is 5.45. The Balaban J connectivity index is 1.99. The Morgan fingerprint density at radius 2 is 1.81 bits per heavy atom. The number of carbonyl (C=O) groups is 2. The van der Waals surface area contributed by atoms with Crippen LogP contribution in [0.4, 0.5) is 4.39 Å². The van der Waals surface area contributed by atoms with Gasteiger partial charge in [-0.25, -0.2) is 12.8 Å². The van der Waals surface area contributed by atoms with Crippen LogP contribution in [0.15, 0.2) is 57.9 Å². The molecule has 0 unspecified atom stereocenters. The number of hydrogen-bond donors (Lipinski definition) is 1. The van der Waals surface area contributed by atoms with E-state index in [2.05, 4.69) is 10.2 Å². The van der Waals surface area contributed by atoms with E-state index in [0.717, 1.165) is 41.7 Å². The summed E-state index contributed by atoms with van der Waals surface area (Å²) in [5, 5.41) is 7.19. The average Bonchev–Trinajstić information content (AvgIpc) is 3.08. The van der Waals surface area contributed by atoms with Crippen LogP contribution in [-0.4, -0.2) is 30.3 Å². The fraction of sp³-hybridized carbons (Fsp3) is 0.0588. The molecule has 0 aliphatic rings. The van der Waals surface area contributed by atoms with Crippen molar-refractivity contribution in [3.63, 3.8) is 0 Å². The first-order valence-electron chi connectivity index (χ1n) is 7.52. The minimum atomic E-state index is -3.98. The van der Waals surface area contributed by atoms with Crippen LogP contribution in [0.1, 0.15) is 25.6 Å². The number of aromatic nitrogens is 2. The van der Waals surface area contributed by atoms with Crippen molar-refractivity contribution < 1.29 is 22.4 Å². The maximum Gasteiger partial charge on any atom is 0.249 e. The predicted octanol–water partition coefficient (Wildman–Crippen LogP) is 2.03. The standard InChI is InChI=1S/C17H12FN3O4S2/c18-11-1-3-12(4-2-11)27(24,25)16-7-13(17(19)23)15(26-16)8-14(22)10-5-6-20-21-9-10/h1-7,9H,8H2,(H2,19,23). The summed E-state index contributed by atoms with van der Waals surface area (Å²) in [5.41, 5.74) is 5.56. The summed E-state index contributed by atoms with van der Waals surface area (Å²) < 4.78 is 38.3. The number of thiophene rings is 1.